The summed E-state index contributed by atoms with van der Waals surface area (Å²) >= 11 is 1.58. The zero-order valence-electron chi connectivity index (χ0n) is 17.9. The van der Waals surface area contributed by atoms with E-state index in [2.05, 4.69) is 10.0 Å². The van der Waals surface area contributed by atoms with Crippen LogP contribution < -0.4 is 10.0 Å². The van der Waals surface area contributed by atoms with Crippen molar-refractivity contribution in [1.82, 2.24) is 14.9 Å². The fourth-order valence-electron chi connectivity index (χ4n) is 3.29. The molecule has 6 nitrogen and oxygen atoms in total. The highest BCUT2D eigenvalue weighted by Crippen LogP contribution is 2.22. The molecule has 0 aliphatic rings. The van der Waals surface area contributed by atoms with Crippen LogP contribution in [0.25, 0.3) is 0 Å². The van der Waals surface area contributed by atoms with Crippen molar-refractivity contribution in [2.75, 3.05) is 20.6 Å². The number of hydrogen-bond acceptors (Lipinski definition) is 5. The van der Waals surface area contributed by atoms with Crippen molar-refractivity contribution >= 4 is 27.3 Å². The van der Waals surface area contributed by atoms with Crippen molar-refractivity contribution < 1.29 is 17.6 Å². The molecule has 0 bridgehead atoms. The second-order valence-electron chi connectivity index (χ2n) is 7.53. The van der Waals surface area contributed by atoms with Gasteiger partial charge in [0.1, 0.15) is 16.8 Å². The van der Waals surface area contributed by atoms with Crippen LogP contribution in [-0.4, -0.2) is 45.9 Å². The van der Waals surface area contributed by atoms with Gasteiger partial charge in [0.15, 0.2) is 0 Å². The van der Waals surface area contributed by atoms with E-state index in [1.165, 1.54) is 18.2 Å². The minimum Gasteiger partial charge on any atom is -0.353 e. The fourth-order valence-corrected chi connectivity index (χ4v) is 5.49. The Morgan fingerprint density at radius 1 is 1.03 bits per heavy atom. The van der Waals surface area contributed by atoms with Gasteiger partial charge < -0.3 is 10.2 Å². The molecule has 0 spiro atoms. The standard InChI is InChI=1S/C23H26FN3O3S2/c1-27(2)20(21-12-8-14-31-21)16-25-23(28)19(15-17-9-4-3-5-10-17)26-32(29,30)22-13-7-6-11-18(22)24/h3-14,19-20,26H,15-16H2,1-2H3,(H,25,28)/t19-,20-/m0/s1. The molecular weight excluding hydrogens is 449 g/mol. The van der Waals surface area contributed by atoms with Crippen LogP contribution in [0.5, 0.6) is 0 Å². The zero-order valence-corrected chi connectivity index (χ0v) is 19.5. The first-order valence-electron chi connectivity index (χ1n) is 10.1. The molecule has 1 amide bonds. The van der Waals surface area contributed by atoms with Gasteiger partial charge in [-0.3, -0.25) is 4.79 Å². The molecule has 0 unspecified atom stereocenters. The maximum absolute atomic E-state index is 14.1. The number of sulfonamides is 1. The molecule has 9 heteroatoms. The molecular formula is C23H26FN3O3S2. The Balaban J connectivity index is 1.80. The van der Waals surface area contributed by atoms with Crippen molar-refractivity contribution in [3.63, 3.8) is 0 Å². The summed E-state index contributed by atoms with van der Waals surface area (Å²) in [6.45, 7) is 0.305. The van der Waals surface area contributed by atoms with Gasteiger partial charge in [-0.05, 0) is 49.7 Å². The van der Waals surface area contributed by atoms with Crippen molar-refractivity contribution in [3.8, 4) is 0 Å². The lowest BCUT2D eigenvalue weighted by molar-refractivity contribution is -0.122. The molecule has 1 aromatic heterocycles. The summed E-state index contributed by atoms with van der Waals surface area (Å²) in [6, 6.07) is 17.0. The third-order valence-corrected chi connectivity index (χ3v) is 7.47. The lowest BCUT2D eigenvalue weighted by atomic mass is 10.1. The van der Waals surface area contributed by atoms with Crippen LogP contribution in [0.4, 0.5) is 4.39 Å². The van der Waals surface area contributed by atoms with Gasteiger partial charge >= 0.3 is 0 Å². The average molecular weight is 476 g/mol. The molecule has 0 saturated heterocycles. The minimum absolute atomic E-state index is 0.0560. The third-order valence-electron chi connectivity index (χ3n) is 4.99. The molecule has 3 aromatic rings. The number of rotatable bonds is 10. The van der Waals surface area contributed by atoms with Crippen LogP contribution in [0, 0.1) is 5.82 Å². The van der Waals surface area contributed by atoms with E-state index in [-0.39, 0.29) is 12.5 Å². The summed E-state index contributed by atoms with van der Waals surface area (Å²) in [7, 11) is -0.416. The second-order valence-corrected chi connectivity index (χ2v) is 10.2. The van der Waals surface area contributed by atoms with E-state index in [1.807, 2.05) is 66.8 Å². The Kier molecular flexibility index (Phi) is 8.14. The van der Waals surface area contributed by atoms with Gasteiger partial charge in [-0.25, -0.2) is 12.8 Å². The topological polar surface area (TPSA) is 78.5 Å². The summed E-state index contributed by atoms with van der Waals surface area (Å²) < 4.78 is 42.2. The van der Waals surface area contributed by atoms with Crippen LogP contribution in [0.3, 0.4) is 0 Å². The SMILES string of the molecule is CN(C)[C@@H](CNC(=O)[C@H](Cc1ccccc1)NS(=O)(=O)c1ccccc1F)c1cccs1. The third kappa shape index (κ3) is 6.23. The molecule has 0 fully saturated rings. The smallest absolute Gasteiger partial charge is 0.244 e. The van der Waals surface area contributed by atoms with E-state index in [9.17, 15) is 17.6 Å². The molecule has 3 rings (SSSR count). The van der Waals surface area contributed by atoms with E-state index in [4.69, 9.17) is 0 Å². The van der Waals surface area contributed by atoms with E-state index in [1.54, 1.807) is 11.3 Å². The number of carbonyl (C=O) groups is 1. The molecule has 0 saturated carbocycles. The monoisotopic (exact) mass is 475 g/mol. The Morgan fingerprint density at radius 2 is 1.72 bits per heavy atom. The molecule has 2 N–H and O–H groups in total. The molecule has 1 heterocycles. The number of carbonyl (C=O) groups excluding carboxylic acids is 1. The highest BCUT2D eigenvalue weighted by molar-refractivity contribution is 7.89. The Hall–Kier alpha value is -2.59. The second kappa shape index (κ2) is 10.8. The number of amides is 1. The number of hydrogen-bond donors (Lipinski definition) is 2. The summed E-state index contributed by atoms with van der Waals surface area (Å²) in [5.74, 6) is -1.35. The van der Waals surface area contributed by atoms with Crippen LogP contribution in [0.2, 0.25) is 0 Å². The first-order chi connectivity index (χ1) is 15.3. The largest absolute Gasteiger partial charge is 0.353 e. The predicted molar refractivity (Wildman–Crippen MR) is 124 cm³/mol. The van der Waals surface area contributed by atoms with E-state index < -0.39 is 32.7 Å². The zero-order chi connectivity index (χ0) is 23.1. The van der Waals surface area contributed by atoms with Gasteiger partial charge in [0, 0.05) is 11.4 Å². The van der Waals surface area contributed by atoms with Gasteiger partial charge in [-0.2, -0.15) is 4.72 Å². The number of benzene rings is 2. The van der Waals surface area contributed by atoms with Gasteiger partial charge in [-0.1, -0.05) is 48.5 Å². The van der Waals surface area contributed by atoms with Gasteiger partial charge in [-0.15, -0.1) is 11.3 Å². The summed E-state index contributed by atoms with van der Waals surface area (Å²) in [5.41, 5.74) is 0.784. The summed E-state index contributed by atoms with van der Waals surface area (Å²) in [5, 5.41) is 4.83. The molecule has 0 aliphatic heterocycles. The predicted octanol–water partition coefficient (Wildman–Crippen LogP) is 3.20. The number of halogens is 1. The van der Waals surface area contributed by atoms with Crippen molar-refractivity contribution in [3.05, 3.63) is 88.4 Å². The summed E-state index contributed by atoms with van der Waals surface area (Å²) in [6.07, 6.45) is 0.131. The van der Waals surface area contributed by atoms with Crippen molar-refractivity contribution in [2.45, 2.75) is 23.4 Å². The molecule has 32 heavy (non-hydrogen) atoms. The van der Waals surface area contributed by atoms with E-state index in [0.717, 1.165) is 16.5 Å². The Bertz CT molecular complexity index is 1120. The lowest BCUT2D eigenvalue weighted by Gasteiger charge is -2.25. The molecule has 2 aromatic carbocycles. The number of likely N-dealkylation sites (N-methyl/N-ethyl adjacent to an activating group) is 1. The van der Waals surface area contributed by atoms with Crippen LogP contribution in [0.1, 0.15) is 16.5 Å². The van der Waals surface area contributed by atoms with Crippen LogP contribution in [0.15, 0.2) is 77.0 Å². The molecule has 170 valence electrons. The van der Waals surface area contributed by atoms with E-state index >= 15 is 0 Å². The lowest BCUT2D eigenvalue weighted by Crippen LogP contribution is -2.49. The number of nitrogens with one attached hydrogen (secondary N) is 2. The van der Waals surface area contributed by atoms with E-state index in [0.29, 0.717) is 6.54 Å². The maximum Gasteiger partial charge on any atom is 0.244 e. The molecule has 0 radical (unpaired) electrons. The van der Waals surface area contributed by atoms with Crippen molar-refractivity contribution in [1.29, 1.82) is 0 Å². The Labute approximate surface area is 192 Å². The average Bonchev–Trinajstić information content (AvgIpc) is 3.28. The van der Waals surface area contributed by atoms with Gasteiger partial charge in [0.05, 0.1) is 6.04 Å². The molecule has 0 aliphatic carbocycles. The van der Waals surface area contributed by atoms with Crippen molar-refractivity contribution in [2.24, 2.45) is 0 Å². The first-order valence-corrected chi connectivity index (χ1v) is 12.4. The van der Waals surface area contributed by atoms with Crippen LogP contribution in [-0.2, 0) is 21.2 Å². The van der Waals surface area contributed by atoms with Gasteiger partial charge in [0.25, 0.3) is 0 Å². The van der Waals surface area contributed by atoms with Gasteiger partial charge in [0.2, 0.25) is 15.9 Å². The minimum atomic E-state index is -4.25. The fraction of sp³-hybridized carbons (Fsp3) is 0.261. The maximum atomic E-state index is 14.1. The van der Waals surface area contributed by atoms with Crippen LogP contribution >= 0.6 is 11.3 Å². The number of nitrogens with zero attached hydrogens (tertiary/aromatic N) is 1. The highest BCUT2D eigenvalue weighted by Gasteiger charge is 2.28. The quantitative estimate of drug-likeness (QED) is 0.472. The molecule has 2 atom stereocenters. The highest BCUT2D eigenvalue weighted by atomic mass is 32.2. The first kappa shape index (κ1) is 24.1. The normalized spacial score (nSPS) is 13.6. The Morgan fingerprint density at radius 3 is 2.34 bits per heavy atom. The number of thiophene rings is 1. The summed E-state index contributed by atoms with van der Waals surface area (Å²) in [4.78, 5) is 15.7.